The van der Waals surface area contributed by atoms with Crippen LogP contribution in [0.1, 0.15) is 16.2 Å². The first kappa shape index (κ1) is 15.8. The minimum absolute atomic E-state index is 0.237. The van der Waals surface area contributed by atoms with Gasteiger partial charge < -0.3 is 9.73 Å². The number of nitrogens with one attached hydrogen (secondary N) is 1. The Morgan fingerprint density at radius 2 is 1.77 bits per heavy atom. The summed E-state index contributed by atoms with van der Waals surface area (Å²) in [5.41, 5.74) is 2.59. The maximum absolute atomic E-state index is 12.3. The number of benzene rings is 2. The number of carbonyl (C=O) groups excluding carboxylic acids is 1. The smallest absolute Gasteiger partial charge is 0.273 e. The third-order valence-corrected chi connectivity index (χ3v) is 3.75. The van der Waals surface area contributed by atoms with E-state index in [2.05, 4.69) is 20.6 Å². The fourth-order valence-electron chi connectivity index (χ4n) is 2.44. The van der Waals surface area contributed by atoms with E-state index in [1.807, 2.05) is 60.7 Å². The lowest BCUT2D eigenvalue weighted by atomic mass is 10.2. The first-order chi connectivity index (χ1) is 12.8. The zero-order chi connectivity index (χ0) is 17.8. The number of para-hydroxylation sites is 1. The van der Waals surface area contributed by atoms with E-state index in [-0.39, 0.29) is 18.1 Å². The molecule has 2 heterocycles. The molecular weight excluding hydrogens is 330 g/mol. The van der Waals surface area contributed by atoms with Crippen molar-refractivity contribution < 1.29 is 9.21 Å². The van der Waals surface area contributed by atoms with Crippen LogP contribution in [0.2, 0.25) is 0 Å². The van der Waals surface area contributed by atoms with E-state index < -0.39 is 0 Å². The Bertz CT molecular complexity index is 1010. The second kappa shape index (κ2) is 7.02. The highest BCUT2D eigenvalue weighted by Crippen LogP contribution is 2.17. The highest BCUT2D eigenvalue weighted by atomic mass is 16.3. The summed E-state index contributed by atoms with van der Waals surface area (Å²) in [5.74, 6) is 0.196. The molecule has 4 aromatic rings. The van der Waals surface area contributed by atoms with Gasteiger partial charge in [0.2, 0.25) is 5.89 Å². The van der Waals surface area contributed by atoms with Gasteiger partial charge in [0, 0.05) is 5.56 Å². The summed E-state index contributed by atoms with van der Waals surface area (Å²) in [6.45, 7) is 0.243. The Morgan fingerprint density at radius 1 is 1.04 bits per heavy atom. The zero-order valence-electron chi connectivity index (χ0n) is 13.7. The molecule has 2 aromatic heterocycles. The van der Waals surface area contributed by atoms with Gasteiger partial charge in [-0.25, -0.2) is 9.67 Å². The Labute approximate surface area is 149 Å². The number of aromatic nitrogens is 4. The van der Waals surface area contributed by atoms with Crippen molar-refractivity contribution >= 4 is 5.91 Å². The van der Waals surface area contributed by atoms with Gasteiger partial charge in [-0.1, -0.05) is 41.6 Å². The summed E-state index contributed by atoms with van der Waals surface area (Å²) in [6, 6.07) is 19.1. The van der Waals surface area contributed by atoms with Crippen LogP contribution >= 0.6 is 0 Å². The number of rotatable bonds is 5. The van der Waals surface area contributed by atoms with Crippen LogP contribution in [0.25, 0.3) is 17.1 Å². The molecule has 1 amide bonds. The number of hydrogen-bond donors (Lipinski definition) is 1. The molecule has 4 rings (SSSR count). The molecule has 7 nitrogen and oxygen atoms in total. The van der Waals surface area contributed by atoms with Gasteiger partial charge in [-0.05, 0) is 24.3 Å². The quantitative estimate of drug-likeness (QED) is 0.601. The van der Waals surface area contributed by atoms with E-state index in [1.54, 1.807) is 10.9 Å². The molecule has 7 heteroatoms. The van der Waals surface area contributed by atoms with E-state index in [0.29, 0.717) is 11.6 Å². The van der Waals surface area contributed by atoms with E-state index in [1.165, 1.54) is 6.26 Å². The number of nitrogens with zero attached hydrogens (tertiary/aromatic N) is 4. The van der Waals surface area contributed by atoms with E-state index in [4.69, 9.17) is 4.42 Å². The Hall–Kier alpha value is -3.74. The summed E-state index contributed by atoms with van der Waals surface area (Å²) in [4.78, 5) is 16.6. The summed E-state index contributed by atoms with van der Waals surface area (Å²) in [6.07, 6.45) is 3.12. The number of carbonyl (C=O) groups is 1. The van der Waals surface area contributed by atoms with Crippen molar-refractivity contribution in [1.82, 2.24) is 25.3 Å². The molecule has 0 aliphatic carbocycles. The third kappa shape index (κ3) is 3.36. The lowest BCUT2D eigenvalue weighted by Gasteiger charge is -1.99. The molecule has 0 aliphatic heterocycles. The fraction of sp³-hybridized carbons (Fsp3) is 0.0526. The molecule has 0 bridgehead atoms. The molecule has 1 N–H and O–H groups in total. The van der Waals surface area contributed by atoms with Crippen LogP contribution in [-0.2, 0) is 6.54 Å². The molecule has 0 atom stereocenters. The van der Waals surface area contributed by atoms with Gasteiger partial charge in [0.25, 0.3) is 5.91 Å². The number of amides is 1. The molecule has 0 aliphatic rings. The van der Waals surface area contributed by atoms with Gasteiger partial charge in [-0.2, -0.15) is 0 Å². The molecule has 0 saturated carbocycles. The van der Waals surface area contributed by atoms with Gasteiger partial charge in [-0.3, -0.25) is 4.79 Å². The molecule has 26 heavy (non-hydrogen) atoms. The first-order valence-corrected chi connectivity index (χ1v) is 8.05. The van der Waals surface area contributed by atoms with Gasteiger partial charge in [0.1, 0.15) is 6.26 Å². The van der Waals surface area contributed by atoms with Crippen molar-refractivity contribution in [2.24, 2.45) is 0 Å². The van der Waals surface area contributed by atoms with Crippen LogP contribution in [0.3, 0.4) is 0 Å². The van der Waals surface area contributed by atoms with Crippen LogP contribution in [-0.4, -0.2) is 25.9 Å². The lowest BCUT2D eigenvalue weighted by molar-refractivity contribution is 0.0945. The summed E-state index contributed by atoms with van der Waals surface area (Å²) in [5, 5.41) is 10.7. The van der Waals surface area contributed by atoms with Crippen LogP contribution in [0.15, 0.2) is 77.5 Å². The molecule has 0 unspecified atom stereocenters. The van der Waals surface area contributed by atoms with E-state index in [0.717, 1.165) is 11.3 Å². The molecule has 0 radical (unpaired) electrons. The maximum Gasteiger partial charge on any atom is 0.273 e. The van der Waals surface area contributed by atoms with Crippen molar-refractivity contribution in [3.8, 4) is 17.1 Å². The van der Waals surface area contributed by atoms with Crippen molar-refractivity contribution in [3.63, 3.8) is 0 Å². The number of oxazole rings is 1. The second-order valence-electron chi connectivity index (χ2n) is 5.58. The largest absolute Gasteiger partial charge is 0.444 e. The SMILES string of the molecule is O=C(NCc1coc(-c2ccccc2)n1)c1cn(-c2ccccc2)nn1. The van der Waals surface area contributed by atoms with Crippen LogP contribution in [0.4, 0.5) is 0 Å². The summed E-state index contributed by atoms with van der Waals surface area (Å²) >= 11 is 0. The van der Waals surface area contributed by atoms with E-state index in [9.17, 15) is 4.79 Å². The van der Waals surface area contributed by atoms with Crippen LogP contribution in [0.5, 0.6) is 0 Å². The van der Waals surface area contributed by atoms with E-state index >= 15 is 0 Å². The molecule has 2 aromatic carbocycles. The van der Waals surface area contributed by atoms with Crippen molar-refractivity contribution in [2.45, 2.75) is 6.54 Å². The maximum atomic E-state index is 12.3. The van der Waals surface area contributed by atoms with Gasteiger partial charge in [-0.15, -0.1) is 5.10 Å². The normalized spacial score (nSPS) is 10.6. The van der Waals surface area contributed by atoms with Gasteiger partial charge in [0.15, 0.2) is 5.69 Å². The average Bonchev–Trinajstić information content (AvgIpc) is 3.37. The Kier molecular flexibility index (Phi) is 4.26. The average molecular weight is 345 g/mol. The third-order valence-electron chi connectivity index (χ3n) is 3.75. The van der Waals surface area contributed by atoms with Crippen molar-refractivity contribution in [2.75, 3.05) is 0 Å². The predicted molar refractivity (Wildman–Crippen MR) is 94.5 cm³/mol. The van der Waals surface area contributed by atoms with Crippen molar-refractivity contribution in [3.05, 3.63) is 84.5 Å². The standard InChI is InChI=1S/C19H15N5O2/c25-18(17-12-24(23-22-17)16-9-5-2-6-10-16)20-11-15-13-26-19(21-15)14-7-3-1-4-8-14/h1-10,12-13H,11H2,(H,20,25). The van der Waals surface area contributed by atoms with Gasteiger partial charge in [0.05, 0.1) is 24.1 Å². The molecule has 128 valence electrons. The topological polar surface area (TPSA) is 85.8 Å². The fourth-order valence-corrected chi connectivity index (χ4v) is 2.44. The lowest BCUT2D eigenvalue weighted by Crippen LogP contribution is -2.23. The molecule has 0 saturated heterocycles. The Balaban J connectivity index is 1.40. The minimum Gasteiger partial charge on any atom is -0.444 e. The highest BCUT2D eigenvalue weighted by Gasteiger charge is 2.13. The molecule has 0 fully saturated rings. The second-order valence-corrected chi connectivity index (χ2v) is 5.58. The van der Waals surface area contributed by atoms with Crippen LogP contribution < -0.4 is 5.32 Å². The van der Waals surface area contributed by atoms with Crippen LogP contribution in [0, 0.1) is 0 Å². The first-order valence-electron chi connectivity index (χ1n) is 8.05. The highest BCUT2D eigenvalue weighted by molar-refractivity contribution is 5.91. The van der Waals surface area contributed by atoms with Gasteiger partial charge >= 0.3 is 0 Å². The Morgan fingerprint density at radius 3 is 2.54 bits per heavy atom. The predicted octanol–water partition coefficient (Wildman–Crippen LogP) is 2.85. The monoisotopic (exact) mass is 345 g/mol. The summed E-state index contributed by atoms with van der Waals surface area (Å²) < 4.78 is 7.01. The number of hydrogen-bond acceptors (Lipinski definition) is 5. The molecule has 0 spiro atoms. The zero-order valence-corrected chi connectivity index (χ0v) is 13.7. The summed E-state index contributed by atoms with van der Waals surface area (Å²) in [7, 11) is 0. The van der Waals surface area contributed by atoms with Crippen molar-refractivity contribution in [1.29, 1.82) is 0 Å². The molecular formula is C19H15N5O2. The minimum atomic E-state index is -0.323.